The van der Waals surface area contributed by atoms with Crippen molar-refractivity contribution >= 4 is 11.9 Å². The first-order valence-corrected chi connectivity index (χ1v) is 8.56. The van der Waals surface area contributed by atoms with Gasteiger partial charge in [-0.25, -0.2) is 9.97 Å². The summed E-state index contributed by atoms with van der Waals surface area (Å²) in [6.45, 7) is 6.39. The van der Waals surface area contributed by atoms with Crippen LogP contribution in [0.15, 0.2) is 30.3 Å². The van der Waals surface area contributed by atoms with Gasteiger partial charge in [0.15, 0.2) is 0 Å². The predicted octanol–water partition coefficient (Wildman–Crippen LogP) is 3.01. The lowest BCUT2D eigenvalue weighted by Crippen LogP contribution is -2.32. The fourth-order valence-corrected chi connectivity index (χ4v) is 3.00. The van der Waals surface area contributed by atoms with Crippen molar-refractivity contribution in [3.63, 3.8) is 0 Å². The molecule has 5 nitrogen and oxygen atoms in total. The Hall–Kier alpha value is -2.43. The third-order valence-electron chi connectivity index (χ3n) is 4.25. The molecule has 0 aliphatic carbocycles. The van der Waals surface area contributed by atoms with Gasteiger partial charge in [-0.3, -0.25) is 4.79 Å². The van der Waals surface area contributed by atoms with Crippen LogP contribution in [-0.2, 0) is 6.54 Å². The van der Waals surface area contributed by atoms with Crippen LogP contribution in [0.3, 0.4) is 0 Å². The molecule has 126 valence electrons. The number of aryl methyl sites for hydroxylation is 2. The number of aromatic nitrogens is 2. The second-order valence-electron chi connectivity index (χ2n) is 6.41. The Morgan fingerprint density at radius 1 is 1.12 bits per heavy atom. The highest BCUT2D eigenvalue weighted by Gasteiger charge is 2.17. The van der Waals surface area contributed by atoms with E-state index in [9.17, 15) is 4.79 Å². The van der Waals surface area contributed by atoms with Gasteiger partial charge in [-0.15, -0.1) is 0 Å². The summed E-state index contributed by atoms with van der Waals surface area (Å²) in [5, 5.41) is 2.95. The third kappa shape index (κ3) is 4.10. The quantitative estimate of drug-likeness (QED) is 0.939. The SMILES string of the molecule is Cc1cccc(CNC(=O)c2cc(C)nc(N3CCCCC3)n2)c1. The highest BCUT2D eigenvalue weighted by molar-refractivity contribution is 5.92. The molecule has 1 amide bonds. The topological polar surface area (TPSA) is 58.1 Å². The van der Waals surface area contributed by atoms with Crippen molar-refractivity contribution in [1.82, 2.24) is 15.3 Å². The molecular weight excluding hydrogens is 300 g/mol. The average Bonchev–Trinajstić information content (AvgIpc) is 2.60. The molecule has 0 saturated carbocycles. The molecule has 1 aromatic heterocycles. The van der Waals surface area contributed by atoms with E-state index in [0.29, 0.717) is 18.2 Å². The number of rotatable bonds is 4. The molecule has 1 fully saturated rings. The largest absolute Gasteiger partial charge is 0.347 e. The summed E-state index contributed by atoms with van der Waals surface area (Å²) >= 11 is 0. The van der Waals surface area contributed by atoms with E-state index >= 15 is 0 Å². The maximum Gasteiger partial charge on any atom is 0.270 e. The van der Waals surface area contributed by atoms with Crippen LogP contribution in [0, 0.1) is 13.8 Å². The standard InChI is InChI=1S/C19H24N4O/c1-14-7-6-8-16(11-14)13-20-18(24)17-12-15(2)21-19(22-17)23-9-4-3-5-10-23/h6-8,11-12H,3-5,9-10,13H2,1-2H3,(H,20,24). The first-order chi connectivity index (χ1) is 11.6. The molecule has 1 saturated heterocycles. The number of hydrogen-bond acceptors (Lipinski definition) is 4. The average molecular weight is 324 g/mol. The Morgan fingerprint density at radius 3 is 2.67 bits per heavy atom. The minimum absolute atomic E-state index is 0.153. The lowest BCUT2D eigenvalue weighted by atomic mass is 10.1. The van der Waals surface area contributed by atoms with Crippen molar-refractivity contribution in [3.05, 3.63) is 52.8 Å². The minimum atomic E-state index is -0.153. The van der Waals surface area contributed by atoms with E-state index in [-0.39, 0.29) is 5.91 Å². The Kier molecular flexibility index (Phi) is 5.08. The maximum atomic E-state index is 12.5. The summed E-state index contributed by atoms with van der Waals surface area (Å²) in [6.07, 6.45) is 3.57. The van der Waals surface area contributed by atoms with Crippen molar-refractivity contribution < 1.29 is 4.79 Å². The molecule has 2 heterocycles. The van der Waals surface area contributed by atoms with Gasteiger partial charge < -0.3 is 10.2 Å². The Labute approximate surface area is 143 Å². The van der Waals surface area contributed by atoms with E-state index in [0.717, 1.165) is 37.2 Å². The third-order valence-corrected chi connectivity index (χ3v) is 4.25. The van der Waals surface area contributed by atoms with Gasteiger partial charge >= 0.3 is 0 Å². The van der Waals surface area contributed by atoms with Crippen molar-refractivity contribution in [2.24, 2.45) is 0 Å². The van der Waals surface area contributed by atoms with Gasteiger partial charge in [0, 0.05) is 25.3 Å². The molecule has 5 heteroatoms. The number of piperidine rings is 1. The molecule has 3 rings (SSSR count). The molecule has 1 N–H and O–H groups in total. The van der Waals surface area contributed by atoms with E-state index in [4.69, 9.17) is 0 Å². The van der Waals surface area contributed by atoms with Crippen LogP contribution in [0.1, 0.15) is 46.6 Å². The van der Waals surface area contributed by atoms with Gasteiger partial charge in [-0.1, -0.05) is 29.8 Å². The predicted molar refractivity (Wildman–Crippen MR) is 95.2 cm³/mol. The second kappa shape index (κ2) is 7.43. The zero-order chi connectivity index (χ0) is 16.9. The summed E-state index contributed by atoms with van der Waals surface area (Å²) in [7, 11) is 0. The minimum Gasteiger partial charge on any atom is -0.347 e. The highest BCUT2D eigenvalue weighted by Crippen LogP contribution is 2.16. The monoisotopic (exact) mass is 324 g/mol. The fourth-order valence-electron chi connectivity index (χ4n) is 3.00. The molecule has 0 bridgehead atoms. The van der Waals surface area contributed by atoms with Crippen molar-refractivity contribution in [2.45, 2.75) is 39.7 Å². The number of nitrogens with one attached hydrogen (secondary N) is 1. The van der Waals surface area contributed by atoms with Crippen LogP contribution in [0.2, 0.25) is 0 Å². The number of carbonyl (C=O) groups is 1. The van der Waals surface area contributed by atoms with Gasteiger partial charge in [0.25, 0.3) is 5.91 Å². The molecular formula is C19H24N4O. The van der Waals surface area contributed by atoms with E-state index in [2.05, 4.69) is 26.3 Å². The number of amides is 1. The molecule has 0 spiro atoms. The molecule has 0 radical (unpaired) electrons. The van der Waals surface area contributed by atoms with Crippen LogP contribution in [0.4, 0.5) is 5.95 Å². The highest BCUT2D eigenvalue weighted by atomic mass is 16.1. The number of hydrogen-bond donors (Lipinski definition) is 1. The van der Waals surface area contributed by atoms with E-state index in [1.165, 1.54) is 12.0 Å². The summed E-state index contributed by atoms with van der Waals surface area (Å²) in [5.41, 5.74) is 3.54. The van der Waals surface area contributed by atoms with E-state index in [1.807, 2.05) is 32.0 Å². The lowest BCUT2D eigenvalue weighted by molar-refractivity contribution is 0.0945. The zero-order valence-corrected chi connectivity index (χ0v) is 14.4. The number of nitrogens with zero attached hydrogens (tertiary/aromatic N) is 3. The summed E-state index contributed by atoms with van der Waals surface area (Å²) in [6, 6.07) is 9.88. The van der Waals surface area contributed by atoms with Crippen LogP contribution < -0.4 is 10.2 Å². The maximum absolute atomic E-state index is 12.5. The van der Waals surface area contributed by atoms with Gasteiger partial charge in [-0.2, -0.15) is 0 Å². The van der Waals surface area contributed by atoms with Crippen LogP contribution >= 0.6 is 0 Å². The van der Waals surface area contributed by atoms with Gasteiger partial charge in [-0.05, 0) is 44.7 Å². The van der Waals surface area contributed by atoms with Crippen molar-refractivity contribution in [1.29, 1.82) is 0 Å². The van der Waals surface area contributed by atoms with Crippen LogP contribution in [-0.4, -0.2) is 29.0 Å². The first kappa shape index (κ1) is 16.4. The van der Waals surface area contributed by atoms with Crippen molar-refractivity contribution in [2.75, 3.05) is 18.0 Å². The van der Waals surface area contributed by atoms with Crippen LogP contribution in [0.25, 0.3) is 0 Å². The summed E-state index contributed by atoms with van der Waals surface area (Å²) in [5.74, 6) is 0.524. The molecule has 2 aromatic rings. The lowest BCUT2D eigenvalue weighted by Gasteiger charge is -2.27. The zero-order valence-electron chi connectivity index (χ0n) is 14.4. The fraction of sp³-hybridized carbons (Fsp3) is 0.421. The Morgan fingerprint density at radius 2 is 1.92 bits per heavy atom. The summed E-state index contributed by atoms with van der Waals surface area (Å²) < 4.78 is 0. The summed E-state index contributed by atoms with van der Waals surface area (Å²) in [4.78, 5) is 23.6. The van der Waals surface area contributed by atoms with Gasteiger partial charge in [0.2, 0.25) is 5.95 Å². The second-order valence-corrected chi connectivity index (χ2v) is 6.41. The number of carbonyl (C=O) groups excluding carboxylic acids is 1. The molecule has 24 heavy (non-hydrogen) atoms. The van der Waals surface area contributed by atoms with Crippen LogP contribution in [0.5, 0.6) is 0 Å². The smallest absolute Gasteiger partial charge is 0.270 e. The Bertz CT molecular complexity index is 723. The normalized spacial score (nSPS) is 14.5. The molecule has 1 aliphatic rings. The van der Waals surface area contributed by atoms with Gasteiger partial charge in [0.05, 0.1) is 0 Å². The Balaban J connectivity index is 1.71. The van der Waals surface area contributed by atoms with E-state index < -0.39 is 0 Å². The molecule has 1 aliphatic heterocycles. The number of benzene rings is 1. The number of anilines is 1. The first-order valence-electron chi connectivity index (χ1n) is 8.56. The molecule has 0 atom stereocenters. The van der Waals surface area contributed by atoms with Gasteiger partial charge in [0.1, 0.15) is 5.69 Å². The van der Waals surface area contributed by atoms with Crippen molar-refractivity contribution in [3.8, 4) is 0 Å². The molecule has 0 unspecified atom stereocenters. The molecule has 1 aromatic carbocycles. The van der Waals surface area contributed by atoms with E-state index in [1.54, 1.807) is 6.07 Å².